The molecule has 148 valence electrons. The molecule has 0 fully saturated rings. The topological polar surface area (TPSA) is 78.5 Å². The first-order chi connectivity index (χ1) is 14.5. The lowest BCUT2D eigenvalue weighted by molar-refractivity contribution is 0.0924. The Labute approximate surface area is 182 Å². The minimum Gasteiger partial charge on any atom is -0.332 e. The zero-order valence-electron chi connectivity index (χ0n) is 15.4. The van der Waals surface area contributed by atoms with E-state index in [2.05, 4.69) is 10.6 Å². The fourth-order valence-corrected chi connectivity index (χ4v) is 3.46. The average Bonchev–Trinajstić information content (AvgIpc) is 3.00. The Morgan fingerprint density at radius 2 is 1.57 bits per heavy atom. The maximum Gasteiger partial charge on any atom is 0.268 e. The van der Waals surface area contributed by atoms with Crippen LogP contribution in [0.3, 0.4) is 0 Å². The number of rotatable bonds is 3. The van der Waals surface area contributed by atoms with Gasteiger partial charge in [-0.3, -0.25) is 19.7 Å². The van der Waals surface area contributed by atoms with E-state index in [0.29, 0.717) is 22.0 Å². The van der Waals surface area contributed by atoms with Gasteiger partial charge in [-0.25, -0.2) is 4.90 Å². The summed E-state index contributed by atoms with van der Waals surface area (Å²) < 4.78 is 0. The highest BCUT2D eigenvalue weighted by Gasteiger charge is 2.38. The van der Waals surface area contributed by atoms with Crippen molar-refractivity contribution in [3.05, 3.63) is 94.5 Å². The largest absolute Gasteiger partial charge is 0.332 e. The summed E-state index contributed by atoms with van der Waals surface area (Å²) in [6.45, 7) is 0. The van der Waals surface area contributed by atoms with Gasteiger partial charge < -0.3 is 5.32 Å². The number of thiocarbonyl (C=S) groups is 1. The summed E-state index contributed by atoms with van der Waals surface area (Å²) in [6.07, 6.45) is 0. The molecular weight excluding hydrogens is 422 g/mol. The summed E-state index contributed by atoms with van der Waals surface area (Å²) in [4.78, 5) is 39.3. The number of benzene rings is 3. The van der Waals surface area contributed by atoms with Crippen LogP contribution < -0.4 is 15.5 Å². The van der Waals surface area contributed by atoms with Crippen molar-refractivity contribution in [2.24, 2.45) is 0 Å². The van der Waals surface area contributed by atoms with Gasteiger partial charge in [0.25, 0.3) is 17.7 Å². The van der Waals surface area contributed by atoms with Gasteiger partial charge in [-0.1, -0.05) is 35.9 Å². The zero-order valence-corrected chi connectivity index (χ0v) is 17.0. The van der Waals surface area contributed by atoms with E-state index in [1.807, 2.05) is 0 Å². The number of imide groups is 1. The maximum atomic E-state index is 13.0. The highest BCUT2D eigenvalue weighted by molar-refractivity contribution is 7.80. The normalized spacial score (nSPS) is 12.5. The third kappa shape index (κ3) is 3.68. The summed E-state index contributed by atoms with van der Waals surface area (Å²) in [5.41, 5.74) is 1.66. The Morgan fingerprint density at radius 3 is 2.27 bits per heavy atom. The molecule has 0 radical (unpaired) electrons. The molecule has 0 aliphatic carbocycles. The van der Waals surface area contributed by atoms with Gasteiger partial charge in [-0.05, 0) is 60.7 Å². The number of halogens is 1. The number of carbonyl (C=O) groups is 3. The molecule has 8 heteroatoms. The number of fused-ring (bicyclic) bond motifs is 1. The molecule has 4 rings (SSSR count). The van der Waals surface area contributed by atoms with Crippen molar-refractivity contribution < 1.29 is 14.4 Å². The summed E-state index contributed by atoms with van der Waals surface area (Å²) in [6, 6.07) is 19.9. The molecule has 6 nitrogen and oxygen atoms in total. The number of carbonyl (C=O) groups excluding carboxylic acids is 3. The van der Waals surface area contributed by atoms with E-state index in [4.69, 9.17) is 23.8 Å². The van der Waals surface area contributed by atoms with Crippen molar-refractivity contribution in [2.75, 3.05) is 10.2 Å². The lowest BCUT2D eigenvalue weighted by atomic mass is 10.1. The minimum atomic E-state index is -0.462. The second-order valence-corrected chi connectivity index (χ2v) is 7.27. The van der Waals surface area contributed by atoms with E-state index in [1.54, 1.807) is 72.8 Å². The fourth-order valence-electron chi connectivity index (χ4n) is 3.13. The number of nitrogens with one attached hydrogen (secondary N) is 2. The molecule has 2 N–H and O–H groups in total. The zero-order chi connectivity index (χ0) is 21.3. The SMILES string of the molecule is O=C(NC(=S)Nc1cccc2c1C(=O)N(c1ccccc1)C2=O)c1ccc(Cl)cc1. The number of hydrogen-bond acceptors (Lipinski definition) is 4. The van der Waals surface area contributed by atoms with Crippen LogP contribution in [0.25, 0.3) is 0 Å². The second-order valence-electron chi connectivity index (χ2n) is 6.42. The van der Waals surface area contributed by atoms with Gasteiger partial charge in [0.05, 0.1) is 22.5 Å². The molecule has 0 saturated carbocycles. The van der Waals surface area contributed by atoms with Crippen molar-refractivity contribution in [1.29, 1.82) is 0 Å². The van der Waals surface area contributed by atoms with Crippen LogP contribution in [0.2, 0.25) is 5.02 Å². The van der Waals surface area contributed by atoms with Gasteiger partial charge in [0, 0.05) is 10.6 Å². The Morgan fingerprint density at radius 1 is 0.867 bits per heavy atom. The van der Waals surface area contributed by atoms with Crippen LogP contribution in [0.5, 0.6) is 0 Å². The lowest BCUT2D eigenvalue weighted by Gasteiger charge is -2.14. The van der Waals surface area contributed by atoms with E-state index < -0.39 is 17.7 Å². The molecule has 3 amide bonds. The summed E-state index contributed by atoms with van der Waals surface area (Å²) in [5.74, 6) is -1.30. The minimum absolute atomic E-state index is 0.00163. The Kier molecular flexibility index (Phi) is 5.31. The van der Waals surface area contributed by atoms with Crippen molar-refractivity contribution >= 4 is 58.0 Å². The molecule has 0 saturated heterocycles. The first-order valence-corrected chi connectivity index (χ1v) is 9.69. The van der Waals surface area contributed by atoms with Crippen LogP contribution in [-0.2, 0) is 0 Å². The van der Waals surface area contributed by atoms with Crippen LogP contribution in [0.15, 0.2) is 72.8 Å². The molecule has 0 spiro atoms. The highest BCUT2D eigenvalue weighted by atomic mass is 35.5. The molecule has 1 aliphatic rings. The number of amides is 3. The predicted octanol–water partition coefficient (Wildman–Crippen LogP) is 4.27. The molecule has 0 bridgehead atoms. The first-order valence-electron chi connectivity index (χ1n) is 8.90. The Balaban J connectivity index is 1.56. The van der Waals surface area contributed by atoms with E-state index >= 15 is 0 Å². The Bertz CT molecular complexity index is 1180. The van der Waals surface area contributed by atoms with Crippen molar-refractivity contribution in [3.63, 3.8) is 0 Å². The van der Waals surface area contributed by atoms with Gasteiger partial charge in [0.1, 0.15) is 0 Å². The van der Waals surface area contributed by atoms with Crippen molar-refractivity contribution in [1.82, 2.24) is 5.32 Å². The summed E-state index contributed by atoms with van der Waals surface area (Å²) >= 11 is 11.1. The smallest absolute Gasteiger partial charge is 0.268 e. The maximum absolute atomic E-state index is 13.0. The fraction of sp³-hybridized carbons (Fsp3) is 0. The lowest BCUT2D eigenvalue weighted by Crippen LogP contribution is -2.34. The average molecular weight is 436 g/mol. The molecule has 0 unspecified atom stereocenters. The summed E-state index contributed by atoms with van der Waals surface area (Å²) in [7, 11) is 0. The second kappa shape index (κ2) is 8.06. The van der Waals surface area contributed by atoms with E-state index in [-0.39, 0.29) is 16.2 Å². The number of anilines is 2. The molecule has 3 aromatic rings. The highest BCUT2D eigenvalue weighted by Crippen LogP contribution is 2.32. The molecule has 1 aliphatic heterocycles. The molecule has 0 atom stereocenters. The van der Waals surface area contributed by atoms with Gasteiger partial charge in [-0.15, -0.1) is 0 Å². The first kappa shape index (κ1) is 19.8. The number of hydrogen-bond donors (Lipinski definition) is 2. The molecule has 3 aromatic carbocycles. The van der Waals surface area contributed by atoms with Crippen LogP contribution >= 0.6 is 23.8 Å². The van der Waals surface area contributed by atoms with Crippen LogP contribution in [0.1, 0.15) is 31.1 Å². The monoisotopic (exact) mass is 435 g/mol. The van der Waals surface area contributed by atoms with Gasteiger partial charge in [-0.2, -0.15) is 0 Å². The number of para-hydroxylation sites is 1. The third-order valence-electron chi connectivity index (χ3n) is 4.51. The molecular formula is C22H14ClN3O3S. The van der Waals surface area contributed by atoms with E-state index in [0.717, 1.165) is 4.90 Å². The molecule has 0 aromatic heterocycles. The van der Waals surface area contributed by atoms with Gasteiger partial charge in [0.2, 0.25) is 0 Å². The predicted molar refractivity (Wildman–Crippen MR) is 119 cm³/mol. The molecule has 30 heavy (non-hydrogen) atoms. The van der Waals surface area contributed by atoms with Crippen molar-refractivity contribution in [3.8, 4) is 0 Å². The van der Waals surface area contributed by atoms with E-state index in [1.165, 1.54) is 0 Å². The standard InChI is InChI=1S/C22H14ClN3O3S/c23-14-11-9-13(10-12-14)19(27)25-22(30)24-17-8-4-7-16-18(17)21(29)26(20(16)28)15-5-2-1-3-6-15/h1-12H,(H2,24,25,27,30). The van der Waals surface area contributed by atoms with Crippen molar-refractivity contribution in [2.45, 2.75) is 0 Å². The van der Waals surface area contributed by atoms with E-state index in [9.17, 15) is 14.4 Å². The van der Waals surface area contributed by atoms with Crippen LogP contribution in [0.4, 0.5) is 11.4 Å². The summed E-state index contributed by atoms with van der Waals surface area (Å²) in [5, 5.41) is 5.92. The van der Waals surface area contributed by atoms with Gasteiger partial charge in [0.15, 0.2) is 5.11 Å². The quantitative estimate of drug-likeness (QED) is 0.474. The van der Waals surface area contributed by atoms with Crippen LogP contribution in [-0.4, -0.2) is 22.8 Å². The molecule has 1 heterocycles. The van der Waals surface area contributed by atoms with Crippen LogP contribution in [0, 0.1) is 0 Å². The Hall–Kier alpha value is -3.55. The third-order valence-corrected chi connectivity index (χ3v) is 4.97. The number of nitrogens with zero attached hydrogens (tertiary/aromatic N) is 1. The van der Waals surface area contributed by atoms with Gasteiger partial charge >= 0.3 is 0 Å².